The van der Waals surface area contributed by atoms with Crippen molar-refractivity contribution in [2.75, 3.05) is 18.9 Å². The van der Waals surface area contributed by atoms with Gasteiger partial charge in [0, 0.05) is 36.9 Å². The van der Waals surface area contributed by atoms with E-state index in [1.165, 1.54) is 24.0 Å². The van der Waals surface area contributed by atoms with Crippen LogP contribution in [0.1, 0.15) is 43.9 Å². The van der Waals surface area contributed by atoms with Crippen LogP contribution in [0.3, 0.4) is 0 Å². The normalized spacial score (nSPS) is 20.2. The SMILES string of the molecule is CNc1ccc(OC(C)C)c(CN[C@H]2CCCN[C@H]2c2ccccc2)c1. The van der Waals surface area contributed by atoms with E-state index in [9.17, 15) is 0 Å². The Kier molecular flexibility index (Phi) is 6.53. The largest absolute Gasteiger partial charge is 0.491 e. The maximum Gasteiger partial charge on any atom is 0.124 e. The Morgan fingerprint density at radius 3 is 2.69 bits per heavy atom. The van der Waals surface area contributed by atoms with Crippen molar-refractivity contribution in [3.05, 3.63) is 59.7 Å². The second kappa shape index (κ2) is 9.06. The van der Waals surface area contributed by atoms with Crippen molar-refractivity contribution in [3.8, 4) is 5.75 Å². The van der Waals surface area contributed by atoms with Gasteiger partial charge in [0.15, 0.2) is 0 Å². The van der Waals surface area contributed by atoms with Crippen LogP contribution in [-0.2, 0) is 6.54 Å². The number of rotatable bonds is 7. The Hall–Kier alpha value is -2.04. The van der Waals surface area contributed by atoms with Crippen molar-refractivity contribution in [2.45, 2.75) is 51.4 Å². The molecule has 0 saturated carbocycles. The molecule has 26 heavy (non-hydrogen) atoms. The fourth-order valence-electron chi connectivity index (χ4n) is 3.60. The van der Waals surface area contributed by atoms with Crippen LogP contribution >= 0.6 is 0 Å². The van der Waals surface area contributed by atoms with E-state index in [-0.39, 0.29) is 6.10 Å². The van der Waals surface area contributed by atoms with Crippen LogP contribution in [0, 0.1) is 0 Å². The standard InChI is InChI=1S/C22H31N3O/c1-16(2)26-21-12-11-19(23-3)14-18(21)15-25-20-10-7-13-24-22(20)17-8-5-4-6-9-17/h4-6,8-9,11-12,14,16,20,22-25H,7,10,13,15H2,1-3H3/t20-,22-/m0/s1. The van der Waals surface area contributed by atoms with E-state index in [0.29, 0.717) is 12.1 Å². The minimum atomic E-state index is 0.169. The Bertz CT molecular complexity index is 687. The van der Waals surface area contributed by atoms with Gasteiger partial charge in [0.1, 0.15) is 5.75 Å². The van der Waals surface area contributed by atoms with Crippen LogP contribution in [0.5, 0.6) is 5.75 Å². The molecule has 140 valence electrons. The van der Waals surface area contributed by atoms with Crippen LogP contribution in [0.25, 0.3) is 0 Å². The molecule has 1 saturated heterocycles. The van der Waals surface area contributed by atoms with Gasteiger partial charge in [0.25, 0.3) is 0 Å². The molecule has 0 radical (unpaired) electrons. The van der Waals surface area contributed by atoms with Crippen molar-refractivity contribution in [3.63, 3.8) is 0 Å². The molecule has 1 aliphatic rings. The molecule has 0 aromatic heterocycles. The molecule has 1 fully saturated rings. The van der Waals surface area contributed by atoms with Gasteiger partial charge in [-0.2, -0.15) is 0 Å². The Morgan fingerprint density at radius 2 is 1.96 bits per heavy atom. The minimum Gasteiger partial charge on any atom is -0.491 e. The third-order valence-corrected chi connectivity index (χ3v) is 4.88. The highest BCUT2D eigenvalue weighted by Crippen LogP contribution is 2.27. The van der Waals surface area contributed by atoms with Gasteiger partial charge in [0.2, 0.25) is 0 Å². The molecule has 0 bridgehead atoms. The van der Waals surface area contributed by atoms with Crippen molar-refractivity contribution >= 4 is 5.69 Å². The first-order valence-electron chi connectivity index (χ1n) is 9.66. The number of piperidine rings is 1. The van der Waals surface area contributed by atoms with Gasteiger partial charge in [-0.1, -0.05) is 30.3 Å². The average Bonchev–Trinajstić information content (AvgIpc) is 2.67. The molecule has 0 amide bonds. The van der Waals surface area contributed by atoms with Crippen LogP contribution in [0.4, 0.5) is 5.69 Å². The van der Waals surface area contributed by atoms with Gasteiger partial charge in [-0.25, -0.2) is 0 Å². The summed E-state index contributed by atoms with van der Waals surface area (Å²) >= 11 is 0. The minimum absolute atomic E-state index is 0.169. The van der Waals surface area contributed by atoms with Crippen LogP contribution < -0.4 is 20.7 Å². The molecular weight excluding hydrogens is 322 g/mol. The van der Waals surface area contributed by atoms with Gasteiger partial charge in [0.05, 0.1) is 6.10 Å². The monoisotopic (exact) mass is 353 g/mol. The molecule has 4 heteroatoms. The number of ether oxygens (including phenoxy) is 1. The summed E-state index contributed by atoms with van der Waals surface area (Å²) in [4.78, 5) is 0. The molecule has 0 unspecified atom stereocenters. The predicted molar refractivity (Wildman–Crippen MR) is 109 cm³/mol. The molecule has 0 aliphatic carbocycles. The summed E-state index contributed by atoms with van der Waals surface area (Å²) in [6, 6.07) is 17.8. The van der Waals surface area contributed by atoms with E-state index < -0.39 is 0 Å². The van der Waals surface area contributed by atoms with E-state index in [4.69, 9.17) is 4.74 Å². The summed E-state index contributed by atoms with van der Waals surface area (Å²) in [5, 5.41) is 10.7. The first kappa shape index (κ1) is 18.7. The van der Waals surface area contributed by atoms with Crippen molar-refractivity contribution in [1.82, 2.24) is 10.6 Å². The van der Waals surface area contributed by atoms with Crippen molar-refractivity contribution < 1.29 is 4.74 Å². The second-order valence-electron chi connectivity index (χ2n) is 7.21. The number of benzene rings is 2. The summed E-state index contributed by atoms with van der Waals surface area (Å²) in [5.41, 5.74) is 3.66. The quantitative estimate of drug-likeness (QED) is 0.701. The lowest BCUT2D eigenvalue weighted by Gasteiger charge is -2.34. The molecule has 3 rings (SSSR count). The number of nitrogens with one attached hydrogen (secondary N) is 3. The zero-order valence-corrected chi connectivity index (χ0v) is 16.1. The number of anilines is 1. The van der Waals surface area contributed by atoms with Crippen LogP contribution in [0.2, 0.25) is 0 Å². The smallest absolute Gasteiger partial charge is 0.124 e. The van der Waals surface area contributed by atoms with Gasteiger partial charge in [-0.15, -0.1) is 0 Å². The highest BCUT2D eigenvalue weighted by Gasteiger charge is 2.25. The first-order chi connectivity index (χ1) is 12.7. The molecule has 1 heterocycles. The lowest BCUT2D eigenvalue weighted by atomic mass is 9.92. The first-order valence-corrected chi connectivity index (χ1v) is 9.66. The average molecular weight is 354 g/mol. The zero-order valence-electron chi connectivity index (χ0n) is 16.1. The van der Waals surface area contributed by atoms with E-state index in [1.54, 1.807) is 0 Å². The number of hydrogen-bond acceptors (Lipinski definition) is 4. The van der Waals surface area contributed by atoms with Gasteiger partial charge in [-0.3, -0.25) is 0 Å². The van der Waals surface area contributed by atoms with Gasteiger partial charge >= 0.3 is 0 Å². The molecule has 1 aliphatic heterocycles. The Labute approximate surface area is 157 Å². The maximum absolute atomic E-state index is 6.01. The molecule has 2 aromatic carbocycles. The Morgan fingerprint density at radius 1 is 1.15 bits per heavy atom. The van der Waals surface area contributed by atoms with Gasteiger partial charge < -0.3 is 20.7 Å². The van der Waals surface area contributed by atoms with E-state index in [0.717, 1.165) is 24.5 Å². The Balaban J connectivity index is 1.74. The molecule has 2 atom stereocenters. The third-order valence-electron chi connectivity index (χ3n) is 4.88. The summed E-state index contributed by atoms with van der Waals surface area (Å²) in [5.74, 6) is 0.964. The summed E-state index contributed by atoms with van der Waals surface area (Å²) in [6.45, 7) is 6.02. The molecule has 3 N–H and O–H groups in total. The number of hydrogen-bond donors (Lipinski definition) is 3. The predicted octanol–water partition coefficient (Wildman–Crippen LogP) is 4.10. The summed E-state index contributed by atoms with van der Waals surface area (Å²) in [7, 11) is 1.95. The lowest BCUT2D eigenvalue weighted by molar-refractivity contribution is 0.238. The lowest BCUT2D eigenvalue weighted by Crippen LogP contribution is -2.45. The van der Waals surface area contributed by atoms with E-state index in [1.807, 2.05) is 7.05 Å². The molecule has 0 spiro atoms. The zero-order chi connectivity index (χ0) is 18.4. The van der Waals surface area contributed by atoms with E-state index >= 15 is 0 Å². The van der Waals surface area contributed by atoms with Crippen LogP contribution in [0.15, 0.2) is 48.5 Å². The summed E-state index contributed by atoms with van der Waals surface area (Å²) < 4.78 is 6.01. The van der Waals surface area contributed by atoms with Gasteiger partial charge in [-0.05, 0) is 57.0 Å². The molecule has 2 aromatic rings. The molecule has 4 nitrogen and oxygen atoms in total. The fraction of sp³-hybridized carbons (Fsp3) is 0.455. The topological polar surface area (TPSA) is 45.3 Å². The fourth-order valence-corrected chi connectivity index (χ4v) is 3.60. The van der Waals surface area contributed by atoms with Crippen LogP contribution in [-0.4, -0.2) is 25.7 Å². The van der Waals surface area contributed by atoms with Crippen molar-refractivity contribution in [2.24, 2.45) is 0 Å². The van der Waals surface area contributed by atoms with E-state index in [2.05, 4.69) is 78.3 Å². The highest BCUT2D eigenvalue weighted by atomic mass is 16.5. The highest BCUT2D eigenvalue weighted by molar-refractivity contribution is 5.51. The maximum atomic E-state index is 6.01. The second-order valence-corrected chi connectivity index (χ2v) is 7.21. The summed E-state index contributed by atoms with van der Waals surface area (Å²) in [6.07, 6.45) is 2.55. The molecular formula is C22H31N3O. The third kappa shape index (κ3) is 4.77. The van der Waals surface area contributed by atoms with Crippen molar-refractivity contribution in [1.29, 1.82) is 0 Å².